The molecule has 1 aromatic heterocycles. The van der Waals surface area contributed by atoms with Gasteiger partial charge < -0.3 is 9.47 Å². The van der Waals surface area contributed by atoms with Gasteiger partial charge in [-0.3, -0.25) is 0 Å². The van der Waals surface area contributed by atoms with Gasteiger partial charge in [-0.15, -0.1) is 0 Å². The average Bonchev–Trinajstić information content (AvgIpc) is 3.45. The quantitative estimate of drug-likeness (QED) is 0.195. The third-order valence-electron chi connectivity index (χ3n) is 9.09. The second-order valence-corrected chi connectivity index (χ2v) is 11.8. The van der Waals surface area contributed by atoms with Crippen LogP contribution in [0.25, 0.3) is 60.2 Å². The van der Waals surface area contributed by atoms with Crippen molar-refractivity contribution in [2.75, 3.05) is 4.90 Å². The third-order valence-corrected chi connectivity index (χ3v) is 9.09. The lowest BCUT2D eigenvalue weighted by atomic mass is 9.97. The molecule has 216 valence electrons. The molecule has 0 spiro atoms. The Labute approximate surface area is 268 Å². The summed E-state index contributed by atoms with van der Waals surface area (Å²) in [6, 6.07) is 65.7. The molecule has 0 N–H and O–H groups in total. The molecule has 46 heavy (non-hydrogen) atoms. The van der Waals surface area contributed by atoms with Gasteiger partial charge in [-0.25, -0.2) is 0 Å². The van der Waals surface area contributed by atoms with E-state index in [4.69, 9.17) is 0 Å². The van der Waals surface area contributed by atoms with Gasteiger partial charge in [0.05, 0.1) is 11.0 Å². The van der Waals surface area contributed by atoms with Gasteiger partial charge in [0, 0.05) is 33.5 Å². The first-order valence-electron chi connectivity index (χ1n) is 15.8. The minimum Gasteiger partial charge on any atom is -0.310 e. The zero-order chi connectivity index (χ0) is 30.5. The van der Waals surface area contributed by atoms with E-state index in [0.717, 1.165) is 22.7 Å². The summed E-state index contributed by atoms with van der Waals surface area (Å²) in [7, 11) is 0. The molecule has 8 aromatic carbocycles. The maximum absolute atomic E-state index is 2.41. The Morgan fingerprint density at radius 3 is 1.76 bits per heavy atom. The van der Waals surface area contributed by atoms with E-state index in [-0.39, 0.29) is 0 Å². The van der Waals surface area contributed by atoms with Gasteiger partial charge in [0.25, 0.3) is 0 Å². The highest BCUT2D eigenvalue weighted by atomic mass is 15.1. The van der Waals surface area contributed by atoms with Crippen molar-refractivity contribution < 1.29 is 0 Å². The zero-order valence-electron chi connectivity index (χ0n) is 25.2. The van der Waals surface area contributed by atoms with Gasteiger partial charge in [-0.2, -0.15) is 0 Å². The van der Waals surface area contributed by atoms with E-state index >= 15 is 0 Å². The SMILES string of the molecule is c1ccc(N(c2cccc(-c3cccc4c3c3cc5ccccc5cc3n4-c3ccccc3)c2)c2ccc3ccccc3c2)cc1. The maximum Gasteiger partial charge on any atom is 0.0547 e. The van der Waals surface area contributed by atoms with Crippen molar-refractivity contribution in [2.24, 2.45) is 0 Å². The van der Waals surface area contributed by atoms with Crippen LogP contribution in [0.5, 0.6) is 0 Å². The van der Waals surface area contributed by atoms with Gasteiger partial charge in [0.15, 0.2) is 0 Å². The van der Waals surface area contributed by atoms with Crippen molar-refractivity contribution in [3.05, 3.63) is 182 Å². The topological polar surface area (TPSA) is 8.17 Å². The van der Waals surface area contributed by atoms with Crippen LogP contribution in [0.1, 0.15) is 0 Å². The largest absolute Gasteiger partial charge is 0.310 e. The molecule has 0 saturated heterocycles. The molecule has 0 aliphatic carbocycles. The maximum atomic E-state index is 2.41. The first-order chi connectivity index (χ1) is 22.8. The molecule has 9 rings (SSSR count). The van der Waals surface area contributed by atoms with E-state index in [1.54, 1.807) is 0 Å². The van der Waals surface area contributed by atoms with Crippen LogP contribution in [-0.4, -0.2) is 4.57 Å². The summed E-state index contributed by atoms with van der Waals surface area (Å²) in [6.07, 6.45) is 0. The van der Waals surface area contributed by atoms with Gasteiger partial charge in [-0.1, -0.05) is 115 Å². The highest BCUT2D eigenvalue weighted by Crippen LogP contribution is 2.42. The molecule has 0 aliphatic rings. The first kappa shape index (κ1) is 26.3. The number of anilines is 3. The molecular formula is C44H30N2. The van der Waals surface area contributed by atoms with Gasteiger partial charge in [0.1, 0.15) is 0 Å². The van der Waals surface area contributed by atoms with Crippen LogP contribution in [0.4, 0.5) is 17.1 Å². The van der Waals surface area contributed by atoms with E-state index in [0.29, 0.717) is 0 Å². The monoisotopic (exact) mass is 586 g/mol. The Hall–Kier alpha value is -6.12. The Morgan fingerprint density at radius 2 is 0.978 bits per heavy atom. The number of fused-ring (bicyclic) bond motifs is 5. The fourth-order valence-electron chi connectivity index (χ4n) is 7.00. The minimum atomic E-state index is 1.12. The van der Waals surface area contributed by atoms with Crippen molar-refractivity contribution >= 4 is 60.4 Å². The van der Waals surface area contributed by atoms with Gasteiger partial charge >= 0.3 is 0 Å². The summed E-state index contributed by atoms with van der Waals surface area (Å²) in [5.41, 5.74) is 9.36. The van der Waals surface area contributed by atoms with Crippen LogP contribution >= 0.6 is 0 Å². The second-order valence-electron chi connectivity index (χ2n) is 11.8. The molecule has 2 heteroatoms. The summed E-state index contributed by atoms with van der Waals surface area (Å²) in [5, 5.41) is 7.48. The predicted molar refractivity (Wildman–Crippen MR) is 196 cm³/mol. The lowest BCUT2D eigenvalue weighted by molar-refractivity contribution is 1.18. The Balaban J connectivity index is 1.29. The Morgan fingerprint density at radius 1 is 0.370 bits per heavy atom. The number of hydrogen-bond acceptors (Lipinski definition) is 1. The van der Waals surface area contributed by atoms with Crippen LogP contribution in [-0.2, 0) is 0 Å². The van der Waals surface area contributed by atoms with Crippen LogP contribution in [0.15, 0.2) is 182 Å². The van der Waals surface area contributed by atoms with Crippen LogP contribution in [0, 0.1) is 0 Å². The molecule has 0 saturated carbocycles. The van der Waals surface area contributed by atoms with Gasteiger partial charge in [0.2, 0.25) is 0 Å². The third kappa shape index (κ3) is 4.35. The van der Waals surface area contributed by atoms with Gasteiger partial charge in [-0.05, 0) is 99.4 Å². The van der Waals surface area contributed by atoms with Crippen LogP contribution in [0.2, 0.25) is 0 Å². The van der Waals surface area contributed by atoms with Crippen molar-refractivity contribution in [1.82, 2.24) is 4.57 Å². The highest BCUT2D eigenvalue weighted by molar-refractivity contribution is 6.18. The molecule has 2 nitrogen and oxygen atoms in total. The van der Waals surface area contributed by atoms with Crippen molar-refractivity contribution in [3.63, 3.8) is 0 Å². The average molecular weight is 587 g/mol. The lowest BCUT2D eigenvalue weighted by Crippen LogP contribution is -2.09. The predicted octanol–water partition coefficient (Wildman–Crippen LogP) is 12.2. The van der Waals surface area contributed by atoms with Crippen LogP contribution in [0.3, 0.4) is 0 Å². The lowest BCUT2D eigenvalue weighted by Gasteiger charge is -2.26. The molecular weight excluding hydrogens is 556 g/mol. The first-order valence-corrected chi connectivity index (χ1v) is 15.8. The molecule has 0 unspecified atom stereocenters. The standard InChI is InChI=1S/C44H30N2/c1-3-18-36(19-4-1)45(39-26-25-31-13-7-8-14-32(31)27-39)38-22-11-17-35(28-38)40-23-12-24-42-44(40)41-29-33-15-9-10-16-34(33)30-43(41)46(42)37-20-5-2-6-21-37/h1-30H. The van der Waals surface area contributed by atoms with E-state index in [2.05, 4.69) is 191 Å². The number of hydrogen-bond donors (Lipinski definition) is 0. The molecule has 0 aliphatic heterocycles. The van der Waals surface area contributed by atoms with E-state index in [1.807, 2.05) is 0 Å². The summed E-state index contributed by atoms with van der Waals surface area (Å²) >= 11 is 0. The summed E-state index contributed by atoms with van der Waals surface area (Å²) in [4.78, 5) is 2.36. The number of para-hydroxylation sites is 2. The number of nitrogens with zero attached hydrogens (tertiary/aromatic N) is 2. The Kier molecular flexibility index (Phi) is 6.17. The van der Waals surface area contributed by atoms with Crippen LogP contribution < -0.4 is 4.90 Å². The number of aromatic nitrogens is 1. The van der Waals surface area contributed by atoms with E-state index in [9.17, 15) is 0 Å². The zero-order valence-corrected chi connectivity index (χ0v) is 25.2. The molecule has 9 aromatic rings. The molecule has 0 radical (unpaired) electrons. The summed E-state index contributed by atoms with van der Waals surface area (Å²) < 4.78 is 2.41. The molecule has 0 atom stereocenters. The fourth-order valence-corrected chi connectivity index (χ4v) is 7.00. The molecule has 0 fully saturated rings. The fraction of sp³-hybridized carbons (Fsp3) is 0. The summed E-state index contributed by atoms with van der Waals surface area (Å²) in [6.45, 7) is 0. The smallest absolute Gasteiger partial charge is 0.0547 e. The minimum absolute atomic E-state index is 1.12. The number of benzene rings is 8. The van der Waals surface area contributed by atoms with E-state index < -0.39 is 0 Å². The normalized spacial score (nSPS) is 11.5. The molecule has 1 heterocycles. The van der Waals surface area contributed by atoms with Crippen molar-refractivity contribution in [1.29, 1.82) is 0 Å². The van der Waals surface area contributed by atoms with Crippen molar-refractivity contribution in [2.45, 2.75) is 0 Å². The van der Waals surface area contributed by atoms with E-state index in [1.165, 1.54) is 54.5 Å². The van der Waals surface area contributed by atoms with Crippen molar-refractivity contribution in [3.8, 4) is 16.8 Å². The highest BCUT2D eigenvalue weighted by Gasteiger charge is 2.19. The summed E-state index contributed by atoms with van der Waals surface area (Å²) in [5.74, 6) is 0. The second kappa shape index (κ2) is 10.8. The Bertz CT molecular complexity index is 2530. The number of rotatable bonds is 5. The molecule has 0 bridgehead atoms. The molecule has 0 amide bonds.